The molecule has 2 aromatic rings. The van der Waals surface area contributed by atoms with E-state index in [1.807, 2.05) is 0 Å². The number of methoxy groups -OCH3 is 1. The second-order valence-electron chi connectivity index (χ2n) is 4.14. The largest absolute Gasteiger partial charge is 0.495 e. The molecule has 0 heterocycles. The Morgan fingerprint density at radius 3 is 2.43 bits per heavy atom. The van der Waals surface area contributed by atoms with E-state index < -0.39 is 26.6 Å². The number of rotatable bonds is 4. The van der Waals surface area contributed by atoms with Gasteiger partial charge in [0.25, 0.3) is 10.0 Å². The standard InChI is InChI=1S/C13H12F2N2O3S/c1-20-13-6-8(2-5-12(13)16)17-21(18,19)9-3-4-10(14)11(15)7-9/h2-7,17H,16H2,1H3. The van der Waals surface area contributed by atoms with E-state index in [0.29, 0.717) is 17.5 Å². The molecular formula is C13H12F2N2O3S. The van der Waals surface area contributed by atoms with Crippen LogP contribution in [0.2, 0.25) is 0 Å². The van der Waals surface area contributed by atoms with Crippen LogP contribution >= 0.6 is 0 Å². The van der Waals surface area contributed by atoms with E-state index in [1.54, 1.807) is 0 Å². The minimum Gasteiger partial charge on any atom is -0.495 e. The monoisotopic (exact) mass is 314 g/mol. The number of nitrogens with one attached hydrogen (secondary N) is 1. The molecule has 0 aromatic heterocycles. The van der Waals surface area contributed by atoms with E-state index in [9.17, 15) is 17.2 Å². The van der Waals surface area contributed by atoms with E-state index >= 15 is 0 Å². The number of hydrogen-bond donors (Lipinski definition) is 2. The number of anilines is 2. The minimum atomic E-state index is -4.04. The Bertz CT molecular complexity index is 779. The highest BCUT2D eigenvalue weighted by Crippen LogP contribution is 2.26. The summed E-state index contributed by atoms with van der Waals surface area (Å²) in [7, 11) is -2.66. The van der Waals surface area contributed by atoms with Crippen LogP contribution in [0.3, 0.4) is 0 Å². The number of hydrogen-bond acceptors (Lipinski definition) is 4. The molecular weight excluding hydrogens is 302 g/mol. The van der Waals surface area contributed by atoms with Crippen molar-refractivity contribution in [3.8, 4) is 5.75 Å². The Balaban J connectivity index is 2.35. The zero-order valence-corrected chi connectivity index (χ0v) is 11.7. The van der Waals surface area contributed by atoms with E-state index in [0.717, 1.165) is 12.1 Å². The molecule has 0 spiro atoms. The van der Waals surface area contributed by atoms with Gasteiger partial charge in [-0.1, -0.05) is 0 Å². The van der Waals surface area contributed by atoms with Gasteiger partial charge < -0.3 is 10.5 Å². The zero-order chi connectivity index (χ0) is 15.6. The molecule has 0 aliphatic carbocycles. The van der Waals surface area contributed by atoms with Crippen molar-refractivity contribution >= 4 is 21.4 Å². The fourth-order valence-corrected chi connectivity index (χ4v) is 2.69. The van der Waals surface area contributed by atoms with Crippen LogP contribution in [0, 0.1) is 11.6 Å². The van der Waals surface area contributed by atoms with Gasteiger partial charge in [-0.15, -0.1) is 0 Å². The van der Waals surface area contributed by atoms with E-state index in [1.165, 1.54) is 25.3 Å². The summed E-state index contributed by atoms with van der Waals surface area (Å²) in [5, 5.41) is 0. The molecule has 0 bridgehead atoms. The van der Waals surface area contributed by atoms with Crippen molar-refractivity contribution in [1.82, 2.24) is 0 Å². The van der Waals surface area contributed by atoms with Gasteiger partial charge in [-0.2, -0.15) is 0 Å². The van der Waals surface area contributed by atoms with Crippen molar-refractivity contribution in [1.29, 1.82) is 0 Å². The second-order valence-corrected chi connectivity index (χ2v) is 5.82. The molecule has 0 saturated carbocycles. The molecule has 5 nitrogen and oxygen atoms in total. The minimum absolute atomic E-state index is 0.186. The maximum Gasteiger partial charge on any atom is 0.262 e. The third-order valence-electron chi connectivity index (χ3n) is 2.69. The fraction of sp³-hybridized carbons (Fsp3) is 0.0769. The van der Waals surface area contributed by atoms with Crippen LogP contribution in [0.1, 0.15) is 0 Å². The van der Waals surface area contributed by atoms with Gasteiger partial charge in [-0.3, -0.25) is 4.72 Å². The normalized spacial score (nSPS) is 11.2. The van der Waals surface area contributed by atoms with Crippen molar-refractivity contribution in [2.75, 3.05) is 17.6 Å². The average Bonchev–Trinajstić information content (AvgIpc) is 2.43. The Labute approximate surface area is 120 Å². The van der Waals surface area contributed by atoms with Crippen molar-refractivity contribution in [3.05, 3.63) is 48.0 Å². The number of benzene rings is 2. The zero-order valence-electron chi connectivity index (χ0n) is 10.9. The van der Waals surface area contributed by atoms with Crippen molar-refractivity contribution in [2.45, 2.75) is 4.90 Å². The van der Waals surface area contributed by atoms with Gasteiger partial charge in [0.05, 0.1) is 23.4 Å². The highest BCUT2D eigenvalue weighted by atomic mass is 32.2. The third kappa shape index (κ3) is 3.22. The van der Waals surface area contributed by atoms with Gasteiger partial charge in [-0.05, 0) is 30.3 Å². The van der Waals surface area contributed by atoms with Gasteiger partial charge in [0.2, 0.25) is 0 Å². The van der Waals surface area contributed by atoms with Crippen LogP contribution < -0.4 is 15.2 Å². The lowest BCUT2D eigenvalue weighted by Crippen LogP contribution is -2.13. The van der Waals surface area contributed by atoms with Gasteiger partial charge in [-0.25, -0.2) is 17.2 Å². The SMILES string of the molecule is COc1cc(NS(=O)(=O)c2ccc(F)c(F)c2)ccc1N. The van der Waals surface area contributed by atoms with E-state index in [4.69, 9.17) is 10.5 Å². The number of ether oxygens (including phenoxy) is 1. The summed E-state index contributed by atoms with van der Waals surface area (Å²) < 4.78 is 57.3. The summed E-state index contributed by atoms with van der Waals surface area (Å²) in [6.07, 6.45) is 0. The van der Waals surface area contributed by atoms with Gasteiger partial charge in [0.1, 0.15) is 5.75 Å². The first-order valence-electron chi connectivity index (χ1n) is 5.75. The lowest BCUT2D eigenvalue weighted by Gasteiger charge is -2.11. The molecule has 8 heteroatoms. The molecule has 0 radical (unpaired) electrons. The molecule has 21 heavy (non-hydrogen) atoms. The number of nitrogens with two attached hydrogens (primary N) is 1. The number of halogens is 2. The molecule has 0 saturated heterocycles. The van der Waals surface area contributed by atoms with Crippen molar-refractivity contribution in [2.24, 2.45) is 0 Å². The predicted octanol–water partition coefficient (Wildman–Crippen LogP) is 2.36. The van der Waals surface area contributed by atoms with Crippen LogP contribution in [-0.2, 0) is 10.0 Å². The molecule has 0 aliphatic heterocycles. The summed E-state index contributed by atoms with van der Waals surface area (Å²) in [5.41, 5.74) is 6.14. The molecule has 3 N–H and O–H groups in total. The quantitative estimate of drug-likeness (QED) is 0.849. The first-order chi connectivity index (χ1) is 9.83. The molecule has 2 rings (SSSR count). The lowest BCUT2D eigenvalue weighted by molar-refractivity contribution is 0.417. The third-order valence-corrected chi connectivity index (χ3v) is 4.07. The summed E-state index contributed by atoms with van der Waals surface area (Å²) in [6.45, 7) is 0. The Kier molecular flexibility index (Phi) is 3.99. The fourth-order valence-electron chi connectivity index (χ4n) is 1.63. The maximum atomic E-state index is 13.1. The first kappa shape index (κ1) is 15.0. The van der Waals surface area contributed by atoms with Crippen LogP contribution in [0.25, 0.3) is 0 Å². The van der Waals surface area contributed by atoms with Crippen LogP contribution in [0.4, 0.5) is 20.2 Å². The topological polar surface area (TPSA) is 81.4 Å². The van der Waals surface area contributed by atoms with Crippen molar-refractivity contribution in [3.63, 3.8) is 0 Å². The molecule has 0 unspecified atom stereocenters. The van der Waals surface area contributed by atoms with Gasteiger partial charge in [0.15, 0.2) is 11.6 Å². The lowest BCUT2D eigenvalue weighted by atomic mass is 10.2. The Morgan fingerprint density at radius 1 is 1.10 bits per heavy atom. The van der Waals surface area contributed by atoms with Gasteiger partial charge in [0, 0.05) is 6.07 Å². The molecule has 0 amide bonds. The number of nitrogen functional groups attached to an aromatic ring is 1. The van der Waals surface area contributed by atoms with Gasteiger partial charge >= 0.3 is 0 Å². The highest BCUT2D eigenvalue weighted by molar-refractivity contribution is 7.92. The Morgan fingerprint density at radius 2 is 1.81 bits per heavy atom. The first-order valence-corrected chi connectivity index (χ1v) is 7.23. The molecule has 0 fully saturated rings. The smallest absolute Gasteiger partial charge is 0.262 e. The van der Waals surface area contributed by atoms with E-state index in [2.05, 4.69) is 4.72 Å². The van der Waals surface area contributed by atoms with Crippen LogP contribution in [0.5, 0.6) is 5.75 Å². The maximum absolute atomic E-state index is 13.1. The van der Waals surface area contributed by atoms with Crippen LogP contribution in [0.15, 0.2) is 41.3 Å². The molecule has 2 aromatic carbocycles. The summed E-state index contributed by atoms with van der Waals surface area (Å²) in [5.74, 6) is -2.07. The van der Waals surface area contributed by atoms with Crippen LogP contribution in [-0.4, -0.2) is 15.5 Å². The molecule has 112 valence electrons. The van der Waals surface area contributed by atoms with Crippen molar-refractivity contribution < 1.29 is 21.9 Å². The summed E-state index contributed by atoms with van der Waals surface area (Å²) in [4.78, 5) is -0.391. The summed E-state index contributed by atoms with van der Waals surface area (Å²) >= 11 is 0. The summed E-state index contributed by atoms with van der Waals surface area (Å²) in [6, 6.07) is 6.58. The molecule has 0 atom stereocenters. The Hall–Kier alpha value is -2.35. The predicted molar refractivity (Wildman–Crippen MR) is 74.6 cm³/mol. The average molecular weight is 314 g/mol. The molecule has 0 aliphatic rings. The highest BCUT2D eigenvalue weighted by Gasteiger charge is 2.17. The number of sulfonamides is 1. The van der Waals surface area contributed by atoms with E-state index in [-0.39, 0.29) is 5.69 Å². The second kappa shape index (κ2) is 5.57.